The average molecular weight is 399 g/mol. The predicted molar refractivity (Wildman–Crippen MR) is 103 cm³/mol. The molecule has 4 nitrogen and oxygen atoms in total. The van der Waals surface area contributed by atoms with Gasteiger partial charge >= 0.3 is 0 Å². The van der Waals surface area contributed by atoms with Crippen LogP contribution in [0.15, 0.2) is 48.5 Å². The standard InChI is InChI=1S/C19H21Cl2FN2O2/c1-11(23)12-2-4-13(5-3-12)14-6-8-15(9-7-14)17(25)16(10-22)24-19(26)18(20)21/h2-9,11,16-18,25H,10,23H2,1H3,(H,24,26)/t11-,16-,17-/m1/s1. The van der Waals surface area contributed by atoms with E-state index in [1.54, 1.807) is 12.1 Å². The van der Waals surface area contributed by atoms with E-state index >= 15 is 0 Å². The van der Waals surface area contributed by atoms with Crippen LogP contribution < -0.4 is 11.1 Å². The lowest BCUT2D eigenvalue weighted by molar-refractivity contribution is -0.121. The molecule has 0 fully saturated rings. The number of nitrogens with one attached hydrogen (secondary N) is 1. The van der Waals surface area contributed by atoms with Crippen molar-refractivity contribution in [3.63, 3.8) is 0 Å². The Morgan fingerprint density at radius 3 is 1.92 bits per heavy atom. The first kappa shape index (κ1) is 20.6. The highest BCUT2D eigenvalue weighted by atomic mass is 35.5. The van der Waals surface area contributed by atoms with Crippen molar-refractivity contribution in [1.29, 1.82) is 0 Å². The van der Waals surface area contributed by atoms with Crippen LogP contribution in [0.2, 0.25) is 0 Å². The Bertz CT molecular complexity index is 721. The third-order valence-corrected chi connectivity index (χ3v) is 4.49. The molecule has 4 N–H and O–H groups in total. The summed E-state index contributed by atoms with van der Waals surface area (Å²) in [5.74, 6) is -0.749. The number of carbonyl (C=O) groups excluding carboxylic acids is 1. The van der Waals surface area contributed by atoms with Gasteiger partial charge in [-0.3, -0.25) is 4.79 Å². The van der Waals surface area contributed by atoms with Crippen molar-refractivity contribution in [2.45, 2.75) is 29.9 Å². The lowest BCUT2D eigenvalue weighted by atomic mass is 9.97. The van der Waals surface area contributed by atoms with Crippen LogP contribution in [-0.2, 0) is 4.79 Å². The van der Waals surface area contributed by atoms with Gasteiger partial charge in [-0.25, -0.2) is 4.39 Å². The summed E-state index contributed by atoms with van der Waals surface area (Å²) in [6.07, 6.45) is -1.22. The molecule has 0 unspecified atom stereocenters. The lowest BCUT2D eigenvalue weighted by Crippen LogP contribution is -2.43. The number of alkyl halides is 3. The Morgan fingerprint density at radius 1 is 1.08 bits per heavy atom. The maximum absolute atomic E-state index is 13.2. The van der Waals surface area contributed by atoms with Gasteiger partial charge in [0, 0.05) is 6.04 Å². The highest BCUT2D eigenvalue weighted by molar-refractivity contribution is 6.53. The van der Waals surface area contributed by atoms with Crippen LogP contribution in [0.1, 0.15) is 30.2 Å². The van der Waals surface area contributed by atoms with Gasteiger partial charge in [0.15, 0.2) is 4.84 Å². The molecular weight excluding hydrogens is 378 g/mol. The molecule has 2 rings (SSSR count). The number of hydrogen-bond acceptors (Lipinski definition) is 3. The van der Waals surface area contributed by atoms with Crippen LogP contribution in [0.25, 0.3) is 11.1 Å². The minimum absolute atomic E-state index is 0.0324. The van der Waals surface area contributed by atoms with Crippen molar-refractivity contribution >= 4 is 29.1 Å². The first-order chi connectivity index (χ1) is 12.3. The molecule has 26 heavy (non-hydrogen) atoms. The summed E-state index contributed by atoms with van der Waals surface area (Å²) in [5.41, 5.74) is 9.30. The zero-order chi connectivity index (χ0) is 19.3. The molecule has 7 heteroatoms. The summed E-state index contributed by atoms with van der Waals surface area (Å²) in [5, 5.41) is 12.6. The highest BCUT2D eigenvalue weighted by Crippen LogP contribution is 2.25. The van der Waals surface area contributed by atoms with Gasteiger partial charge in [-0.2, -0.15) is 0 Å². The number of amides is 1. The SMILES string of the molecule is C[C@@H](N)c1ccc(-c2ccc([C@@H](O)[C@@H](CF)NC(=O)C(Cl)Cl)cc2)cc1. The Kier molecular flexibility index (Phi) is 7.41. The van der Waals surface area contributed by atoms with E-state index in [4.69, 9.17) is 28.9 Å². The zero-order valence-corrected chi connectivity index (χ0v) is 15.7. The molecule has 0 bridgehead atoms. The molecule has 0 spiro atoms. The largest absolute Gasteiger partial charge is 0.386 e. The van der Waals surface area contributed by atoms with Gasteiger partial charge in [0.1, 0.15) is 12.8 Å². The van der Waals surface area contributed by atoms with E-state index in [2.05, 4.69) is 5.32 Å². The second kappa shape index (κ2) is 9.33. The molecule has 0 aromatic heterocycles. The maximum Gasteiger partial charge on any atom is 0.253 e. The quantitative estimate of drug-likeness (QED) is 0.622. The number of hydrogen-bond donors (Lipinski definition) is 3. The molecule has 0 radical (unpaired) electrons. The number of aliphatic hydroxyl groups is 1. The van der Waals surface area contributed by atoms with Crippen LogP contribution in [0.5, 0.6) is 0 Å². The van der Waals surface area contributed by atoms with Gasteiger partial charge in [-0.15, -0.1) is 0 Å². The minimum Gasteiger partial charge on any atom is -0.386 e. The average Bonchev–Trinajstić information content (AvgIpc) is 2.65. The Labute approximate surface area is 162 Å². The molecule has 0 saturated heterocycles. The zero-order valence-electron chi connectivity index (χ0n) is 14.2. The van der Waals surface area contributed by atoms with Crippen molar-refractivity contribution < 1.29 is 14.3 Å². The van der Waals surface area contributed by atoms with Crippen LogP contribution in [0, 0.1) is 0 Å². The molecular formula is C19H21Cl2FN2O2. The van der Waals surface area contributed by atoms with Gasteiger partial charge in [-0.05, 0) is 29.2 Å². The van der Waals surface area contributed by atoms with Gasteiger partial charge < -0.3 is 16.2 Å². The van der Waals surface area contributed by atoms with Crippen LogP contribution in [0.3, 0.4) is 0 Å². The summed E-state index contributed by atoms with van der Waals surface area (Å²) in [4.78, 5) is 10.2. The number of aliphatic hydroxyl groups excluding tert-OH is 1. The van der Waals surface area contributed by atoms with Crippen molar-refractivity contribution in [1.82, 2.24) is 5.32 Å². The van der Waals surface area contributed by atoms with Gasteiger partial charge in [-0.1, -0.05) is 71.7 Å². The van der Waals surface area contributed by atoms with Gasteiger partial charge in [0.05, 0.1) is 6.04 Å². The predicted octanol–water partition coefficient (Wildman–Crippen LogP) is 3.66. The second-order valence-corrected chi connectivity index (χ2v) is 7.14. The first-order valence-corrected chi connectivity index (χ1v) is 8.99. The molecule has 140 valence electrons. The lowest BCUT2D eigenvalue weighted by Gasteiger charge is -2.22. The highest BCUT2D eigenvalue weighted by Gasteiger charge is 2.25. The van der Waals surface area contributed by atoms with Crippen LogP contribution in [0.4, 0.5) is 4.39 Å². The van der Waals surface area contributed by atoms with Crippen LogP contribution in [-0.4, -0.2) is 28.6 Å². The fraction of sp³-hybridized carbons (Fsp3) is 0.316. The van der Waals surface area contributed by atoms with E-state index in [0.717, 1.165) is 16.7 Å². The molecule has 0 heterocycles. The first-order valence-electron chi connectivity index (χ1n) is 8.12. The van der Waals surface area contributed by atoms with E-state index in [9.17, 15) is 14.3 Å². The monoisotopic (exact) mass is 398 g/mol. The third-order valence-electron chi connectivity index (χ3n) is 4.10. The summed E-state index contributed by atoms with van der Waals surface area (Å²) in [6.45, 7) is 0.968. The van der Waals surface area contributed by atoms with E-state index in [-0.39, 0.29) is 6.04 Å². The van der Waals surface area contributed by atoms with Crippen LogP contribution >= 0.6 is 23.2 Å². The molecule has 2 aromatic carbocycles. The van der Waals surface area contributed by atoms with Crippen molar-refractivity contribution in [2.75, 3.05) is 6.67 Å². The normalized spacial score (nSPS) is 14.7. The van der Waals surface area contributed by atoms with Crippen molar-refractivity contribution in [3.05, 3.63) is 59.7 Å². The smallest absolute Gasteiger partial charge is 0.253 e. The topological polar surface area (TPSA) is 75.3 Å². The molecule has 1 amide bonds. The van der Waals surface area contributed by atoms with Gasteiger partial charge in [0.25, 0.3) is 5.91 Å². The summed E-state index contributed by atoms with van der Waals surface area (Å²) >= 11 is 10.9. The number of benzene rings is 2. The Hall–Kier alpha value is -1.66. The maximum atomic E-state index is 13.2. The second-order valence-electron chi connectivity index (χ2n) is 6.05. The Balaban J connectivity index is 2.13. The molecule has 2 aromatic rings. The van der Waals surface area contributed by atoms with E-state index in [1.807, 2.05) is 43.3 Å². The molecule has 0 aliphatic heterocycles. The van der Waals surface area contributed by atoms with E-state index < -0.39 is 29.6 Å². The van der Waals surface area contributed by atoms with Gasteiger partial charge in [0.2, 0.25) is 0 Å². The van der Waals surface area contributed by atoms with E-state index in [0.29, 0.717) is 5.56 Å². The fourth-order valence-corrected chi connectivity index (χ4v) is 2.66. The number of rotatable bonds is 7. The van der Waals surface area contributed by atoms with Crippen molar-refractivity contribution in [3.8, 4) is 11.1 Å². The summed E-state index contributed by atoms with van der Waals surface area (Å²) in [7, 11) is 0. The summed E-state index contributed by atoms with van der Waals surface area (Å²) in [6, 6.07) is 13.7. The van der Waals surface area contributed by atoms with E-state index in [1.165, 1.54) is 0 Å². The Morgan fingerprint density at radius 2 is 1.54 bits per heavy atom. The number of nitrogens with two attached hydrogens (primary N) is 1. The molecule has 0 aliphatic rings. The molecule has 3 atom stereocenters. The minimum atomic E-state index is -1.32. The fourth-order valence-electron chi connectivity index (χ4n) is 2.53. The number of carbonyl (C=O) groups is 1. The molecule has 0 saturated carbocycles. The summed E-state index contributed by atoms with van der Waals surface area (Å²) < 4.78 is 13.2. The molecule has 0 aliphatic carbocycles. The third kappa shape index (κ3) is 5.17. The van der Waals surface area contributed by atoms with Crippen molar-refractivity contribution in [2.24, 2.45) is 5.73 Å². The number of halogens is 3.